The van der Waals surface area contributed by atoms with Crippen LogP contribution in [0.5, 0.6) is 0 Å². The number of aryl methyl sites for hydroxylation is 2. The highest BCUT2D eigenvalue weighted by Crippen LogP contribution is 2.25. The molecule has 0 spiro atoms. The van der Waals surface area contributed by atoms with Gasteiger partial charge in [0.1, 0.15) is 0 Å². The zero-order valence-corrected chi connectivity index (χ0v) is 13.0. The van der Waals surface area contributed by atoms with Gasteiger partial charge in [0.15, 0.2) is 0 Å². The van der Waals surface area contributed by atoms with E-state index in [0.29, 0.717) is 5.56 Å². The largest absolute Gasteiger partial charge is 0.378 e. The van der Waals surface area contributed by atoms with Crippen LogP contribution in [0.2, 0.25) is 0 Å². The Kier molecular flexibility index (Phi) is 4.63. The second kappa shape index (κ2) is 6.44. The molecule has 0 fully saturated rings. The molecule has 0 aliphatic carbocycles. The summed E-state index contributed by atoms with van der Waals surface area (Å²) >= 11 is 0. The molecule has 3 nitrogen and oxygen atoms in total. The molecule has 2 rings (SSSR count). The first-order valence-electron chi connectivity index (χ1n) is 7.17. The highest BCUT2D eigenvalue weighted by atomic mass is 16.1. The minimum atomic E-state index is -0.0680. The van der Waals surface area contributed by atoms with Gasteiger partial charge in [-0.3, -0.25) is 4.79 Å². The van der Waals surface area contributed by atoms with Crippen molar-refractivity contribution in [3.05, 3.63) is 64.7 Å². The van der Waals surface area contributed by atoms with Crippen LogP contribution in [0.25, 0.3) is 0 Å². The van der Waals surface area contributed by atoms with E-state index in [-0.39, 0.29) is 11.9 Å². The monoisotopic (exact) mass is 282 g/mol. The van der Waals surface area contributed by atoms with Crippen molar-refractivity contribution in [2.24, 2.45) is 0 Å². The number of hydrogen-bond acceptors (Lipinski definition) is 2. The topological polar surface area (TPSA) is 41.1 Å². The molecule has 3 heteroatoms. The van der Waals surface area contributed by atoms with E-state index in [4.69, 9.17) is 0 Å². The summed E-state index contributed by atoms with van der Waals surface area (Å²) in [7, 11) is 1.64. The Morgan fingerprint density at radius 2 is 1.76 bits per heavy atom. The molecule has 2 aromatic rings. The van der Waals surface area contributed by atoms with Crippen molar-refractivity contribution in [3.8, 4) is 0 Å². The number of rotatable bonds is 4. The average Bonchev–Trinajstić information content (AvgIpc) is 2.49. The molecule has 0 saturated carbocycles. The number of hydrogen-bond donors (Lipinski definition) is 2. The SMILES string of the molecule is CNC(=O)c1ccc(C)c(NC(C)c2ccccc2C)c1. The normalized spacial score (nSPS) is 11.8. The summed E-state index contributed by atoms with van der Waals surface area (Å²) in [6.07, 6.45) is 0. The van der Waals surface area contributed by atoms with Gasteiger partial charge < -0.3 is 10.6 Å². The molecular formula is C18H22N2O. The predicted octanol–water partition coefficient (Wildman–Crippen LogP) is 3.84. The third-order valence-corrected chi connectivity index (χ3v) is 3.75. The summed E-state index contributed by atoms with van der Waals surface area (Å²) in [6, 6.07) is 14.2. The zero-order valence-electron chi connectivity index (χ0n) is 13.0. The lowest BCUT2D eigenvalue weighted by Gasteiger charge is -2.20. The van der Waals surface area contributed by atoms with E-state index in [2.05, 4.69) is 36.6 Å². The summed E-state index contributed by atoms with van der Waals surface area (Å²) in [5.41, 5.74) is 5.32. The molecule has 0 saturated heterocycles. The van der Waals surface area contributed by atoms with Gasteiger partial charge in [-0.2, -0.15) is 0 Å². The number of benzene rings is 2. The first-order chi connectivity index (χ1) is 10.0. The van der Waals surface area contributed by atoms with Gasteiger partial charge in [0.2, 0.25) is 0 Å². The van der Waals surface area contributed by atoms with Gasteiger partial charge >= 0.3 is 0 Å². The smallest absolute Gasteiger partial charge is 0.251 e. The molecular weight excluding hydrogens is 260 g/mol. The van der Waals surface area contributed by atoms with Crippen LogP contribution in [0.15, 0.2) is 42.5 Å². The maximum Gasteiger partial charge on any atom is 0.251 e. The fourth-order valence-corrected chi connectivity index (χ4v) is 2.45. The first kappa shape index (κ1) is 15.1. The summed E-state index contributed by atoms with van der Waals surface area (Å²) < 4.78 is 0. The highest BCUT2D eigenvalue weighted by Gasteiger charge is 2.11. The van der Waals surface area contributed by atoms with Crippen LogP contribution in [0, 0.1) is 13.8 Å². The molecule has 0 heterocycles. The molecule has 1 atom stereocenters. The maximum atomic E-state index is 11.7. The minimum absolute atomic E-state index is 0.0680. The van der Waals surface area contributed by atoms with Crippen molar-refractivity contribution in [2.45, 2.75) is 26.8 Å². The Morgan fingerprint density at radius 1 is 1.05 bits per heavy atom. The molecule has 2 N–H and O–H groups in total. The van der Waals surface area contributed by atoms with Crippen LogP contribution in [0.3, 0.4) is 0 Å². The summed E-state index contributed by atoms with van der Waals surface area (Å²) in [5, 5.41) is 6.16. The quantitative estimate of drug-likeness (QED) is 0.894. The third-order valence-electron chi connectivity index (χ3n) is 3.75. The molecule has 2 aromatic carbocycles. The maximum absolute atomic E-state index is 11.7. The number of carbonyl (C=O) groups excluding carboxylic acids is 1. The van der Waals surface area contributed by atoms with Crippen molar-refractivity contribution < 1.29 is 4.79 Å². The Morgan fingerprint density at radius 3 is 2.43 bits per heavy atom. The van der Waals surface area contributed by atoms with Crippen LogP contribution < -0.4 is 10.6 Å². The lowest BCUT2D eigenvalue weighted by Crippen LogP contribution is -2.18. The Labute approximate surface area is 126 Å². The second-order valence-electron chi connectivity index (χ2n) is 5.33. The molecule has 1 amide bonds. The lowest BCUT2D eigenvalue weighted by atomic mass is 10.0. The molecule has 0 aliphatic heterocycles. The van der Waals surface area contributed by atoms with Gasteiger partial charge in [-0.05, 0) is 49.6 Å². The van der Waals surface area contributed by atoms with E-state index in [0.717, 1.165) is 11.3 Å². The van der Waals surface area contributed by atoms with Crippen LogP contribution in [0.4, 0.5) is 5.69 Å². The summed E-state index contributed by atoms with van der Waals surface area (Å²) in [4.78, 5) is 11.7. The molecule has 0 bridgehead atoms. The van der Waals surface area contributed by atoms with E-state index in [9.17, 15) is 4.79 Å². The van der Waals surface area contributed by atoms with E-state index in [1.807, 2.05) is 37.3 Å². The van der Waals surface area contributed by atoms with Crippen LogP contribution in [-0.4, -0.2) is 13.0 Å². The molecule has 0 radical (unpaired) electrons. The van der Waals surface area contributed by atoms with E-state index < -0.39 is 0 Å². The second-order valence-corrected chi connectivity index (χ2v) is 5.33. The lowest BCUT2D eigenvalue weighted by molar-refractivity contribution is 0.0963. The Balaban J connectivity index is 2.27. The number of nitrogens with one attached hydrogen (secondary N) is 2. The van der Waals surface area contributed by atoms with Gasteiger partial charge in [-0.25, -0.2) is 0 Å². The van der Waals surface area contributed by atoms with Crippen molar-refractivity contribution in [1.82, 2.24) is 5.32 Å². The number of carbonyl (C=O) groups is 1. The fourth-order valence-electron chi connectivity index (χ4n) is 2.45. The molecule has 1 unspecified atom stereocenters. The van der Waals surface area contributed by atoms with Gasteiger partial charge in [0.25, 0.3) is 5.91 Å². The molecule has 0 aliphatic rings. The van der Waals surface area contributed by atoms with Gasteiger partial charge in [-0.1, -0.05) is 30.3 Å². The van der Waals surface area contributed by atoms with Gasteiger partial charge in [-0.15, -0.1) is 0 Å². The molecule has 21 heavy (non-hydrogen) atoms. The third kappa shape index (κ3) is 3.43. The van der Waals surface area contributed by atoms with Gasteiger partial charge in [0.05, 0.1) is 0 Å². The highest BCUT2D eigenvalue weighted by molar-refractivity contribution is 5.95. The minimum Gasteiger partial charge on any atom is -0.378 e. The zero-order chi connectivity index (χ0) is 15.4. The van der Waals surface area contributed by atoms with Crippen molar-refractivity contribution in [2.75, 3.05) is 12.4 Å². The van der Waals surface area contributed by atoms with E-state index >= 15 is 0 Å². The van der Waals surface area contributed by atoms with Crippen molar-refractivity contribution >= 4 is 11.6 Å². The fraction of sp³-hybridized carbons (Fsp3) is 0.278. The van der Waals surface area contributed by atoms with Crippen molar-refractivity contribution in [1.29, 1.82) is 0 Å². The van der Waals surface area contributed by atoms with E-state index in [1.165, 1.54) is 11.1 Å². The summed E-state index contributed by atoms with van der Waals surface area (Å²) in [6.45, 7) is 6.29. The molecule has 0 aromatic heterocycles. The Bertz CT molecular complexity index is 649. The Hall–Kier alpha value is -2.29. The summed E-state index contributed by atoms with van der Waals surface area (Å²) in [5.74, 6) is -0.0680. The van der Waals surface area contributed by atoms with Gasteiger partial charge in [0, 0.05) is 24.3 Å². The number of amides is 1. The van der Waals surface area contributed by atoms with Crippen molar-refractivity contribution in [3.63, 3.8) is 0 Å². The van der Waals surface area contributed by atoms with E-state index in [1.54, 1.807) is 7.05 Å². The van der Waals surface area contributed by atoms with Crippen LogP contribution in [-0.2, 0) is 0 Å². The number of anilines is 1. The first-order valence-corrected chi connectivity index (χ1v) is 7.17. The molecule has 110 valence electrons. The standard InChI is InChI=1S/C18H22N2O/c1-12-7-5-6-8-16(12)14(3)20-17-11-15(18(21)19-4)10-9-13(17)2/h5-11,14,20H,1-4H3,(H,19,21). The average molecular weight is 282 g/mol. The van der Waals surface area contributed by atoms with Crippen LogP contribution >= 0.6 is 0 Å². The predicted molar refractivity (Wildman–Crippen MR) is 87.8 cm³/mol. The van der Waals surface area contributed by atoms with Crippen LogP contribution in [0.1, 0.15) is 40.0 Å².